The smallest absolute Gasteiger partial charge is 0.194 e. The summed E-state index contributed by atoms with van der Waals surface area (Å²) in [7, 11) is 0. The predicted octanol–water partition coefficient (Wildman–Crippen LogP) is 1.74. The molecule has 0 spiro atoms. The summed E-state index contributed by atoms with van der Waals surface area (Å²) < 4.78 is 38.8. The Morgan fingerprint density at radius 2 is 2.06 bits per heavy atom. The molecular formula is C12H14F3N3. The van der Waals surface area contributed by atoms with Crippen molar-refractivity contribution in [1.29, 1.82) is 0 Å². The standard InChI is InChI=1S/C12H14F3N3/c1-2-6-17-12(16)18-7-5-8-3-4-9(13)11(15)10(8)14/h2-4H,1,5-7H2,(H3,16,17,18). The van der Waals surface area contributed by atoms with Crippen LogP contribution in [0.1, 0.15) is 5.56 Å². The van der Waals surface area contributed by atoms with E-state index in [1.807, 2.05) is 0 Å². The number of hydrogen-bond donors (Lipinski definition) is 2. The highest BCUT2D eigenvalue weighted by Gasteiger charge is 2.12. The average molecular weight is 257 g/mol. The zero-order valence-electron chi connectivity index (χ0n) is 9.72. The molecule has 0 saturated carbocycles. The third-order valence-corrected chi connectivity index (χ3v) is 2.21. The van der Waals surface area contributed by atoms with Crippen LogP contribution >= 0.6 is 0 Å². The summed E-state index contributed by atoms with van der Waals surface area (Å²) in [6.45, 7) is 4.14. The SMILES string of the molecule is C=CCNC(N)=NCCc1ccc(F)c(F)c1F. The minimum Gasteiger partial charge on any atom is -0.370 e. The summed E-state index contributed by atoms with van der Waals surface area (Å²) in [5.74, 6) is -3.65. The van der Waals surface area contributed by atoms with Crippen molar-refractivity contribution in [2.45, 2.75) is 6.42 Å². The summed E-state index contributed by atoms with van der Waals surface area (Å²) >= 11 is 0. The number of rotatable bonds is 5. The number of nitrogens with zero attached hydrogens (tertiary/aromatic N) is 1. The van der Waals surface area contributed by atoms with Crippen LogP contribution in [0, 0.1) is 17.5 Å². The third kappa shape index (κ3) is 3.80. The Bertz CT molecular complexity index is 458. The van der Waals surface area contributed by atoms with Gasteiger partial charge in [-0.15, -0.1) is 6.58 Å². The van der Waals surface area contributed by atoms with Crippen molar-refractivity contribution in [3.8, 4) is 0 Å². The van der Waals surface area contributed by atoms with Crippen molar-refractivity contribution in [2.75, 3.05) is 13.1 Å². The van der Waals surface area contributed by atoms with Crippen LogP contribution in [-0.4, -0.2) is 19.0 Å². The quantitative estimate of drug-likeness (QED) is 0.365. The first kappa shape index (κ1) is 14.1. The molecule has 98 valence electrons. The molecule has 0 fully saturated rings. The first-order chi connectivity index (χ1) is 8.56. The van der Waals surface area contributed by atoms with Gasteiger partial charge in [-0.25, -0.2) is 13.2 Å². The third-order valence-electron chi connectivity index (χ3n) is 2.21. The molecule has 1 aromatic carbocycles. The summed E-state index contributed by atoms with van der Waals surface area (Å²) in [6.07, 6.45) is 1.75. The highest BCUT2D eigenvalue weighted by molar-refractivity contribution is 5.77. The molecule has 0 saturated heterocycles. The number of hydrogen-bond acceptors (Lipinski definition) is 1. The summed E-state index contributed by atoms with van der Waals surface area (Å²) in [4.78, 5) is 3.90. The topological polar surface area (TPSA) is 50.4 Å². The van der Waals surface area contributed by atoms with E-state index in [9.17, 15) is 13.2 Å². The van der Waals surface area contributed by atoms with Crippen molar-refractivity contribution in [1.82, 2.24) is 5.32 Å². The maximum absolute atomic E-state index is 13.3. The lowest BCUT2D eigenvalue weighted by atomic mass is 10.1. The number of halogens is 3. The van der Waals surface area contributed by atoms with Crippen LogP contribution in [0.3, 0.4) is 0 Å². The van der Waals surface area contributed by atoms with Crippen molar-refractivity contribution < 1.29 is 13.2 Å². The van der Waals surface area contributed by atoms with Gasteiger partial charge >= 0.3 is 0 Å². The van der Waals surface area contributed by atoms with Gasteiger partial charge in [-0.2, -0.15) is 0 Å². The van der Waals surface area contributed by atoms with Crippen LogP contribution in [0.15, 0.2) is 29.8 Å². The molecule has 3 N–H and O–H groups in total. The van der Waals surface area contributed by atoms with Gasteiger partial charge in [0.15, 0.2) is 23.4 Å². The fourth-order valence-corrected chi connectivity index (χ4v) is 1.29. The first-order valence-corrected chi connectivity index (χ1v) is 5.33. The van der Waals surface area contributed by atoms with Crippen LogP contribution in [0.5, 0.6) is 0 Å². The molecule has 0 bridgehead atoms. The number of aliphatic imine (C=N–C) groups is 1. The molecule has 18 heavy (non-hydrogen) atoms. The van der Waals surface area contributed by atoms with Crippen LogP contribution in [0.4, 0.5) is 13.2 Å². The van der Waals surface area contributed by atoms with Gasteiger partial charge in [0.1, 0.15) is 0 Å². The van der Waals surface area contributed by atoms with Crippen molar-refractivity contribution in [3.63, 3.8) is 0 Å². The molecule has 1 aromatic rings. The minimum absolute atomic E-state index is 0.0640. The zero-order valence-corrected chi connectivity index (χ0v) is 9.72. The fourth-order valence-electron chi connectivity index (χ4n) is 1.29. The molecule has 0 radical (unpaired) electrons. The van der Waals surface area contributed by atoms with Crippen LogP contribution in [0.2, 0.25) is 0 Å². The minimum atomic E-state index is -1.46. The lowest BCUT2D eigenvalue weighted by molar-refractivity contribution is 0.441. The second kappa shape index (κ2) is 6.68. The van der Waals surface area contributed by atoms with Gasteiger partial charge in [-0.05, 0) is 18.1 Å². The van der Waals surface area contributed by atoms with Crippen LogP contribution < -0.4 is 11.1 Å². The Kier molecular flexibility index (Phi) is 5.23. The molecule has 3 nitrogen and oxygen atoms in total. The average Bonchev–Trinajstić information content (AvgIpc) is 2.36. The van der Waals surface area contributed by atoms with E-state index < -0.39 is 17.5 Å². The number of benzene rings is 1. The Morgan fingerprint density at radius 3 is 2.72 bits per heavy atom. The normalized spacial score (nSPS) is 11.4. The van der Waals surface area contributed by atoms with E-state index >= 15 is 0 Å². The van der Waals surface area contributed by atoms with Gasteiger partial charge in [-0.1, -0.05) is 12.1 Å². The van der Waals surface area contributed by atoms with Crippen LogP contribution in [0.25, 0.3) is 0 Å². The molecular weight excluding hydrogens is 243 g/mol. The van der Waals surface area contributed by atoms with Crippen molar-refractivity contribution >= 4 is 5.96 Å². The van der Waals surface area contributed by atoms with E-state index in [0.29, 0.717) is 6.54 Å². The molecule has 0 heterocycles. The zero-order chi connectivity index (χ0) is 13.5. The van der Waals surface area contributed by atoms with Gasteiger partial charge in [0.05, 0.1) is 0 Å². The highest BCUT2D eigenvalue weighted by atomic mass is 19.2. The fraction of sp³-hybridized carbons (Fsp3) is 0.250. The molecule has 0 amide bonds. The molecule has 0 aromatic heterocycles. The summed E-state index contributed by atoms with van der Waals surface area (Å²) in [6, 6.07) is 2.08. The molecule has 6 heteroatoms. The van der Waals surface area contributed by atoms with E-state index in [2.05, 4.69) is 16.9 Å². The van der Waals surface area contributed by atoms with E-state index in [4.69, 9.17) is 5.73 Å². The molecule has 0 aliphatic carbocycles. The number of nitrogens with one attached hydrogen (secondary N) is 1. The Balaban J connectivity index is 2.59. The molecule has 1 rings (SSSR count). The maximum Gasteiger partial charge on any atom is 0.194 e. The predicted molar refractivity (Wildman–Crippen MR) is 64.7 cm³/mol. The van der Waals surface area contributed by atoms with Crippen LogP contribution in [-0.2, 0) is 6.42 Å². The lowest BCUT2D eigenvalue weighted by Gasteiger charge is -2.04. The van der Waals surface area contributed by atoms with Gasteiger partial charge in [0.25, 0.3) is 0 Å². The van der Waals surface area contributed by atoms with E-state index in [1.54, 1.807) is 6.08 Å². The second-order valence-electron chi connectivity index (χ2n) is 3.52. The molecule has 0 unspecified atom stereocenters. The van der Waals surface area contributed by atoms with E-state index in [0.717, 1.165) is 6.07 Å². The number of nitrogens with two attached hydrogens (primary N) is 1. The number of guanidine groups is 1. The summed E-state index contributed by atoms with van der Waals surface area (Å²) in [5, 5.41) is 2.74. The van der Waals surface area contributed by atoms with Gasteiger partial charge in [0, 0.05) is 13.1 Å². The van der Waals surface area contributed by atoms with Gasteiger partial charge in [0.2, 0.25) is 0 Å². The van der Waals surface area contributed by atoms with Gasteiger partial charge < -0.3 is 11.1 Å². The Labute approximate surface area is 103 Å². The maximum atomic E-state index is 13.3. The van der Waals surface area contributed by atoms with E-state index in [-0.39, 0.29) is 24.5 Å². The van der Waals surface area contributed by atoms with Crippen molar-refractivity contribution in [2.24, 2.45) is 10.7 Å². The second-order valence-corrected chi connectivity index (χ2v) is 3.52. The monoisotopic (exact) mass is 257 g/mol. The van der Waals surface area contributed by atoms with Crippen molar-refractivity contribution in [3.05, 3.63) is 47.8 Å². The largest absolute Gasteiger partial charge is 0.370 e. The molecule has 0 aliphatic rings. The van der Waals surface area contributed by atoms with Gasteiger partial charge in [-0.3, -0.25) is 4.99 Å². The lowest BCUT2D eigenvalue weighted by Crippen LogP contribution is -2.31. The molecule has 0 atom stereocenters. The Morgan fingerprint density at radius 1 is 1.33 bits per heavy atom. The Hall–Kier alpha value is -1.98. The molecule has 0 aliphatic heterocycles. The highest BCUT2D eigenvalue weighted by Crippen LogP contribution is 2.15. The van der Waals surface area contributed by atoms with E-state index in [1.165, 1.54) is 6.07 Å². The first-order valence-electron chi connectivity index (χ1n) is 5.33. The summed E-state index contributed by atoms with van der Waals surface area (Å²) in [5.41, 5.74) is 5.54.